The largest absolute Gasteiger partial charge is 0.379 e. The number of rotatable bonds is 5. The second-order valence-corrected chi connectivity index (χ2v) is 8.14. The molecule has 1 amide bonds. The molecule has 0 bridgehead atoms. The zero-order chi connectivity index (χ0) is 21.4. The number of carbonyl (C=O) groups excluding carboxylic acids is 1. The first-order valence-corrected chi connectivity index (χ1v) is 10.6. The van der Waals surface area contributed by atoms with E-state index in [9.17, 15) is 9.18 Å². The third kappa shape index (κ3) is 3.75. The molecule has 0 spiro atoms. The van der Waals surface area contributed by atoms with E-state index >= 15 is 0 Å². The Hall–Kier alpha value is -3.03. The van der Waals surface area contributed by atoms with Crippen LogP contribution in [0.25, 0.3) is 11.3 Å². The molecule has 2 aromatic carbocycles. The maximum Gasteiger partial charge on any atom is 0.273 e. The molecule has 5 rings (SSSR count). The smallest absolute Gasteiger partial charge is 0.273 e. The summed E-state index contributed by atoms with van der Waals surface area (Å²) in [6.45, 7) is 6.46. The quantitative estimate of drug-likeness (QED) is 0.687. The third-order valence-corrected chi connectivity index (χ3v) is 6.11. The predicted molar refractivity (Wildman–Crippen MR) is 115 cm³/mol. The number of H-pyrrole nitrogens is 1. The molecule has 1 fully saturated rings. The van der Waals surface area contributed by atoms with Crippen LogP contribution < -0.4 is 0 Å². The van der Waals surface area contributed by atoms with Crippen molar-refractivity contribution in [1.82, 2.24) is 20.0 Å². The minimum absolute atomic E-state index is 0.0941. The van der Waals surface area contributed by atoms with E-state index < -0.39 is 0 Å². The SMILES string of the molecule is Cc1ccc(-c2n[nH]c3c2C(c2cccc(F)c2)N(CCN2CCOCC2)C3=O)cc1. The summed E-state index contributed by atoms with van der Waals surface area (Å²) in [6.07, 6.45) is 0. The average Bonchev–Trinajstić information content (AvgIpc) is 3.32. The summed E-state index contributed by atoms with van der Waals surface area (Å²) in [5.74, 6) is -0.407. The van der Waals surface area contributed by atoms with E-state index in [4.69, 9.17) is 4.74 Å². The first-order chi connectivity index (χ1) is 15.1. The van der Waals surface area contributed by atoms with E-state index in [1.54, 1.807) is 6.07 Å². The number of ether oxygens (including phenoxy) is 1. The second-order valence-electron chi connectivity index (χ2n) is 8.14. The first-order valence-electron chi connectivity index (χ1n) is 10.6. The van der Waals surface area contributed by atoms with Gasteiger partial charge in [0.1, 0.15) is 11.5 Å². The highest BCUT2D eigenvalue weighted by Crippen LogP contribution is 2.42. The van der Waals surface area contributed by atoms with Crippen LogP contribution in [0.4, 0.5) is 4.39 Å². The van der Waals surface area contributed by atoms with E-state index in [0.29, 0.717) is 25.5 Å². The number of aromatic nitrogens is 2. The van der Waals surface area contributed by atoms with Crippen LogP contribution >= 0.6 is 0 Å². The van der Waals surface area contributed by atoms with Crippen LogP contribution in [0.1, 0.15) is 33.2 Å². The predicted octanol–water partition coefficient (Wildman–Crippen LogP) is 3.40. The Labute approximate surface area is 180 Å². The molecular weight excluding hydrogens is 395 g/mol. The van der Waals surface area contributed by atoms with Gasteiger partial charge >= 0.3 is 0 Å². The molecule has 0 aliphatic carbocycles. The average molecular weight is 420 g/mol. The molecular formula is C24H25FN4O2. The van der Waals surface area contributed by atoms with Crippen molar-refractivity contribution >= 4 is 5.91 Å². The second kappa shape index (κ2) is 8.24. The monoisotopic (exact) mass is 420 g/mol. The molecule has 0 saturated carbocycles. The highest BCUT2D eigenvalue weighted by atomic mass is 19.1. The van der Waals surface area contributed by atoms with Crippen LogP contribution in [0.3, 0.4) is 0 Å². The van der Waals surface area contributed by atoms with Gasteiger partial charge in [-0.3, -0.25) is 14.8 Å². The van der Waals surface area contributed by atoms with Gasteiger partial charge in [-0.25, -0.2) is 4.39 Å². The van der Waals surface area contributed by atoms with E-state index in [2.05, 4.69) is 15.1 Å². The number of morpholine rings is 1. The fraction of sp³-hybridized carbons (Fsp3) is 0.333. The Kier molecular flexibility index (Phi) is 5.29. The van der Waals surface area contributed by atoms with Crippen LogP contribution in [-0.2, 0) is 4.74 Å². The molecule has 0 radical (unpaired) electrons. The van der Waals surface area contributed by atoms with Crippen molar-refractivity contribution in [2.75, 3.05) is 39.4 Å². The summed E-state index contributed by atoms with van der Waals surface area (Å²) in [4.78, 5) is 17.5. The van der Waals surface area contributed by atoms with Crippen LogP contribution in [0.15, 0.2) is 48.5 Å². The number of aromatic amines is 1. The highest BCUT2D eigenvalue weighted by molar-refractivity contribution is 6.00. The van der Waals surface area contributed by atoms with E-state index in [0.717, 1.165) is 47.6 Å². The molecule has 3 heterocycles. The van der Waals surface area contributed by atoms with E-state index in [1.807, 2.05) is 42.2 Å². The lowest BCUT2D eigenvalue weighted by Gasteiger charge is -2.31. The molecule has 1 saturated heterocycles. The molecule has 7 heteroatoms. The van der Waals surface area contributed by atoms with E-state index in [-0.39, 0.29) is 17.8 Å². The number of hydrogen-bond acceptors (Lipinski definition) is 4. The molecule has 2 aliphatic rings. The molecule has 31 heavy (non-hydrogen) atoms. The molecule has 1 unspecified atom stereocenters. The Balaban J connectivity index is 1.53. The lowest BCUT2D eigenvalue weighted by Crippen LogP contribution is -2.42. The van der Waals surface area contributed by atoms with Gasteiger partial charge in [-0.15, -0.1) is 0 Å². The number of nitrogens with zero attached hydrogens (tertiary/aromatic N) is 3. The van der Waals surface area contributed by atoms with Crippen molar-refractivity contribution in [2.24, 2.45) is 0 Å². The highest BCUT2D eigenvalue weighted by Gasteiger charge is 2.42. The summed E-state index contributed by atoms with van der Waals surface area (Å²) >= 11 is 0. The molecule has 2 aliphatic heterocycles. The topological polar surface area (TPSA) is 61.5 Å². The Morgan fingerprint density at radius 3 is 2.65 bits per heavy atom. The zero-order valence-corrected chi connectivity index (χ0v) is 17.5. The van der Waals surface area contributed by atoms with Gasteiger partial charge in [-0.2, -0.15) is 5.10 Å². The summed E-state index contributed by atoms with van der Waals surface area (Å²) in [5, 5.41) is 7.44. The van der Waals surface area contributed by atoms with Crippen molar-refractivity contribution in [3.8, 4) is 11.3 Å². The number of aryl methyl sites for hydroxylation is 1. The fourth-order valence-electron chi connectivity index (χ4n) is 4.46. The third-order valence-electron chi connectivity index (χ3n) is 6.11. The summed E-state index contributed by atoms with van der Waals surface area (Å²) in [6, 6.07) is 14.2. The minimum Gasteiger partial charge on any atom is -0.379 e. The van der Waals surface area contributed by atoms with Gasteiger partial charge < -0.3 is 9.64 Å². The number of carbonyl (C=O) groups is 1. The van der Waals surface area contributed by atoms with Crippen LogP contribution in [0.2, 0.25) is 0 Å². The van der Waals surface area contributed by atoms with Crippen molar-refractivity contribution in [2.45, 2.75) is 13.0 Å². The maximum absolute atomic E-state index is 14.1. The van der Waals surface area contributed by atoms with Crippen molar-refractivity contribution < 1.29 is 13.9 Å². The molecule has 6 nitrogen and oxygen atoms in total. The van der Waals surface area contributed by atoms with E-state index in [1.165, 1.54) is 12.1 Å². The standard InChI is InChI=1S/C24H25FN4O2/c1-16-5-7-17(8-6-16)21-20-22(27-26-21)24(30)29(10-9-28-11-13-31-14-12-28)23(20)18-3-2-4-19(25)15-18/h2-8,15,23H,9-14H2,1H3,(H,26,27). The first kappa shape index (κ1) is 19.9. The summed E-state index contributed by atoms with van der Waals surface area (Å²) in [5.41, 5.74) is 4.90. The minimum atomic E-state index is -0.380. The Morgan fingerprint density at radius 2 is 1.90 bits per heavy atom. The number of benzene rings is 2. The van der Waals surface area contributed by atoms with Gasteiger partial charge in [-0.1, -0.05) is 42.0 Å². The number of amides is 1. The Morgan fingerprint density at radius 1 is 1.13 bits per heavy atom. The lowest BCUT2D eigenvalue weighted by molar-refractivity contribution is 0.0316. The lowest BCUT2D eigenvalue weighted by atomic mass is 9.95. The van der Waals surface area contributed by atoms with Crippen LogP contribution in [-0.4, -0.2) is 65.3 Å². The molecule has 160 valence electrons. The van der Waals surface area contributed by atoms with Gasteiger partial charge in [0.05, 0.1) is 24.9 Å². The van der Waals surface area contributed by atoms with Gasteiger partial charge in [0.15, 0.2) is 0 Å². The number of halogens is 1. The molecule has 1 atom stereocenters. The number of nitrogens with one attached hydrogen (secondary N) is 1. The molecule has 1 N–H and O–H groups in total. The normalized spacial score (nSPS) is 19.1. The fourth-order valence-corrected chi connectivity index (χ4v) is 4.46. The van der Waals surface area contributed by atoms with Gasteiger partial charge in [-0.05, 0) is 24.6 Å². The summed E-state index contributed by atoms with van der Waals surface area (Å²) < 4.78 is 19.6. The van der Waals surface area contributed by atoms with Crippen LogP contribution in [0, 0.1) is 12.7 Å². The molecule has 3 aromatic rings. The Bertz CT molecular complexity index is 1090. The van der Waals surface area contributed by atoms with Crippen molar-refractivity contribution in [1.29, 1.82) is 0 Å². The van der Waals surface area contributed by atoms with Gasteiger partial charge in [0.25, 0.3) is 5.91 Å². The number of fused-ring (bicyclic) bond motifs is 1. The van der Waals surface area contributed by atoms with Crippen molar-refractivity contribution in [3.63, 3.8) is 0 Å². The van der Waals surface area contributed by atoms with Gasteiger partial charge in [0, 0.05) is 37.3 Å². The molecule has 1 aromatic heterocycles. The van der Waals surface area contributed by atoms with Crippen LogP contribution in [0.5, 0.6) is 0 Å². The summed E-state index contributed by atoms with van der Waals surface area (Å²) in [7, 11) is 0. The maximum atomic E-state index is 14.1. The van der Waals surface area contributed by atoms with Gasteiger partial charge in [0.2, 0.25) is 0 Å². The van der Waals surface area contributed by atoms with Crippen molar-refractivity contribution in [3.05, 3.63) is 76.7 Å². The zero-order valence-electron chi connectivity index (χ0n) is 17.5. The number of hydrogen-bond donors (Lipinski definition) is 1.